The number of rotatable bonds is 5. The lowest BCUT2D eigenvalue weighted by Gasteiger charge is -2.22. The van der Waals surface area contributed by atoms with Gasteiger partial charge in [-0.15, -0.1) is 0 Å². The predicted molar refractivity (Wildman–Crippen MR) is 81.3 cm³/mol. The second kappa shape index (κ2) is 6.33. The van der Waals surface area contributed by atoms with Crippen molar-refractivity contribution < 1.29 is 9.15 Å². The predicted octanol–water partition coefficient (Wildman–Crippen LogP) is 4.41. The van der Waals surface area contributed by atoms with E-state index in [4.69, 9.17) is 26.5 Å². The van der Waals surface area contributed by atoms with Gasteiger partial charge < -0.3 is 14.9 Å². The third-order valence-corrected chi connectivity index (χ3v) is 3.72. The zero-order valence-electron chi connectivity index (χ0n) is 12.0. The molecular weight excluding hydrogens is 274 g/mol. The van der Waals surface area contributed by atoms with E-state index in [0.717, 1.165) is 34.3 Å². The van der Waals surface area contributed by atoms with E-state index < -0.39 is 0 Å². The summed E-state index contributed by atoms with van der Waals surface area (Å²) >= 11 is 6.03. The van der Waals surface area contributed by atoms with Gasteiger partial charge in [-0.1, -0.05) is 18.5 Å². The summed E-state index contributed by atoms with van der Waals surface area (Å²) in [5.74, 6) is 2.35. The molecule has 1 aromatic heterocycles. The number of hydrogen-bond acceptors (Lipinski definition) is 3. The molecule has 0 amide bonds. The van der Waals surface area contributed by atoms with Crippen LogP contribution in [0, 0.1) is 13.8 Å². The molecule has 2 rings (SSSR count). The van der Waals surface area contributed by atoms with Crippen molar-refractivity contribution in [2.75, 3.05) is 0 Å². The van der Waals surface area contributed by atoms with Crippen LogP contribution in [0.5, 0.6) is 5.75 Å². The van der Waals surface area contributed by atoms with Crippen molar-refractivity contribution in [3.8, 4) is 5.75 Å². The number of ether oxygens (including phenoxy) is 1. The van der Waals surface area contributed by atoms with Crippen LogP contribution in [-0.2, 0) is 0 Å². The maximum atomic E-state index is 6.16. The highest BCUT2D eigenvalue weighted by molar-refractivity contribution is 6.31. The molecule has 2 atom stereocenters. The topological polar surface area (TPSA) is 48.4 Å². The van der Waals surface area contributed by atoms with Gasteiger partial charge in [0.25, 0.3) is 0 Å². The van der Waals surface area contributed by atoms with Gasteiger partial charge in [-0.3, -0.25) is 0 Å². The molecule has 2 N–H and O–H groups in total. The summed E-state index contributed by atoms with van der Waals surface area (Å²) in [6.07, 6.45) is 0.506. The monoisotopic (exact) mass is 293 g/mol. The summed E-state index contributed by atoms with van der Waals surface area (Å²) in [4.78, 5) is 0. The van der Waals surface area contributed by atoms with Gasteiger partial charge in [0.05, 0.1) is 0 Å². The molecule has 0 aliphatic heterocycles. The van der Waals surface area contributed by atoms with E-state index in [0.29, 0.717) is 0 Å². The fourth-order valence-electron chi connectivity index (χ4n) is 2.01. The largest absolute Gasteiger partial charge is 0.481 e. The van der Waals surface area contributed by atoms with Crippen LogP contribution in [0.25, 0.3) is 0 Å². The molecule has 108 valence electrons. The van der Waals surface area contributed by atoms with Crippen LogP contribution in [0.2, 0.25) is 5.02 Å². The summed E-state index contributed by atoms with van der Waals surface area (Å²) in [7, 11) is 0. The first-order chi connectivity index (χ1) is 9.51. The third-order valence-electron chi connectivity index (χ3n) is 3.29. The van der Waals surface area contributed by atoms with Crippen molar-refractivity contribution in [1.29, 1.82) is 0 Å². The molecule has 4 heteroatoms. The molecule has 0 aliphatic carbocycles. The normalized spacial score (nSPS) is 14.1. The van der Waals surface area contributed by atoms with E-state index in [1.807, 2.05) is 51.1 Å². The molecule has 0 radical (unpaired) electrons. The fourth-order valence-corrected chi connectivity index (χ4v) is 2.13. The minimum atomic E-state index is -0.297. The fraction of sp³-hybridized carbons (Fsp3) is 0.375. The lowest BCUT2D eigenvalue weighted by molar-refractivity contribution is 0.143. The van der Waals surface area contributed by atoms with Crippen LogP contribution >= 0.6 is 11.6 Å². The number of benzene rings is 1. The molecule has 0 spiro atoms. The van der Waals surface area contributed by atoms with Crippen LogP contribution in [-0.4, -0.2) is 6.04 Å². The van der Waals surface area contributed by atoms with Gasteiger partial charge in [0.15, 0.2) is 6.10 Å². The summed E-state index contributed by atoms with van der Waals surface area (Å²) in [6, 6.07) is 9.29. The Bertz CT molecular complexity index is 580. The second-order valence-corrected chi connectivity index (χ2v) is 5.38. The van der Waals surface area contributed by atoms with Crippen LogP contribution < -0.4 is 10.5 Å². The lowest BCUT2D eigenvalue weighted by atomic mass is 10.1. The molecule has 0 saturated heterocycles. The van der Waals surface area contributed by atoms with Crippen LogP contribution in [0.15, 0.2) is 34.7 Å². The first-order valence-corrected chi connectivity index (χ1v) is 7.13. The highest BCUT2D eigenvalue weighted by Crippen LogP contribution is 2.29. The smallest absolute Gasteiger partial charge is 0.171 e. The highest BCUT2D eigenvalue weighted by atomic mass is 35.5. The first kappa shape index (κ1) is 14.9. The lowest BCUT2D eigenvalue weighted by Crippen LogP contribution is -2.31. The minimum Gasteiger partial charge on any atom is -0.481 e. The molecule has 2 aromatic rings. The molecule has 3 nitrogen and oxygen atoms in total. The molecule has 2 unspecified atom stereocenters. The molecule has 1 aromatic carbocycles. The van der Waals surface area contributed by atoms with Crippen LogP contribution in [0.4, 0.5) is 0 Å². The number of hydrogen-bond donors (Lipinski definition) is 1. The van der Waals surface area contributed by atoms with Gasteiger partial charge in [-0.25, -0.2) is 0 Å². The molecule has 0 saturated carbocycles. The van der Waals surface area contributed by atoms with E-state index in [-0.39, 0.29) is 12.1 Å². The molecule has 0 bridgehead atoms. The van der Waals surface area contributed by atoms with Crippen LogP contribution in [0.1, 0.15) is 36.5 Å². The van der Waals surface area contributed by atoms with E-state index in [9.17, 15) is 0 Å². The van der Waals surface area contributed by atoms with Gasteiger partial charge in [0.1, 0.15) is 17.3 Å². The molecule has 20 heavy (non-hydrogen) atoms. The van der Waals surface area contributed by atoms with Gasteiger partial charge >= 0.3 is 0 Å². The third kappa shape index (κ3) is 3.35. The average Bonchev–Trinajstić information content (AvgIpc) is 2.85. The Balaban J connectivity index is 2.25. The minimum absolute atomic E-state index is 0.128. The standard InChI is InChI=1S/C16H20ClNO2/c1-4-14(18)16(15-8-5-11(3)19-15)20-12-6-7-13(17)10(2)9-12/h5-9,14,16H,4,18H2,1-3H3. The summed E-state index contributed by atoms with van der Waals surface area (Å²) in [5.41, 5.74) is 7.14. The highest BCUT2D eigenvalue weighted by Gasteiger charge is 2.24. The average molecular weight is 294 g/mol. The Morgan fingerprint density at radius 2 is 2.00 bits per heavy atom. The maximum Gasteiger partial charge on any atom is 0.171 e. The van der Waals surface area contributed by atoms with E-state index in [2.05, 4.69) is 0 Å². The zero-order chi connectivity index (χ0) is 14.7. The Morgan fingerprint density at radius 3 is 2.55 bits per heavy atom. The molecule has 0 aliphatic rings. The van der Waals surface area contributed by atoms with Crippen molar-refractivity contribution in [3.05, 3.63) is 52.4 Å². The SMILES string of the molecule is CCC(N)C(Oc1ccc(Cl)c(C)c1)c1ccc(C)o1. The number of aryl methyl sites for hydroxylation is 2. The zero-order valence-corrected chi connectivity index (χ0v) is 12.8. The van der Waals surface area contributed by atoms with E-state index in [1.54, 1.807) is 0 Å². The van der Waals surface area contributed by atoms with E-state index >= 15 is 0 Å². The van der Waals surface area contributed by atoms with Crippen molar-refractivity contribution in [2.45, 2.75) is 39.3 Å². The van der Waals surface area contributed by atoms with Gasteiger partial charge in [0.2, 0.25) is 0 Å². The van der Waals surface area contributed by atoms with Crippen molar-refractivity contribution >= 4 is 11.6 Å². The second-order valence-electron chi connectivity index (χ2n) is 4.97. The maximum absolute atomic E-state index is 6.16. The Hall–Kier alpha value is -1.45. The number of furan rings is 1. The van der Waals surface area contributed by atoms with Crippen molar-refractivity contribution in [2.24, 2.45) is 5.73 Å². The Kier molecular flexibility index (Phi) is 4.73. The Morgan fingerprint density at radius 1 is 1.25 bits per heavy atom. The van der Waals surface area contributed by atoms with Gasteiger partial charge in [-0.2, -0.15) is 0 Å². The van der Waals surface area contributed by atoms with Gasteiger partial charge in [-0.05, 0) is 56.2 Å². The van der Waals surface area contributed by atoms with E-state index in [1.165, 1.54) is 0 Å². The quantitative estimate of drug-likeness (QED) is 0.888. The molecular formula is C16H20ClNO2. The number of halogens is 1. The van der Waals surface area contributed by atoms with Crippen molar-refractivity contribution in [3.63, 3.8) is 0 Å². The molecule has 0 fully saturated rings. The summed E-state index contributed by atoms with van der Waals surface area (Å²) < 4.78 is 11.7. The summed E-state index contributed by atoms with van der Waals surface area (Å²) in [5, 5.41) is 0.725. The summed E-state index contributed by atoms with van der Waals surface area (Å²) in [6.45, 7) is 5.88. The molecule has 1 heterocycles. The van der Waals surface area contributed by atoms with Gasteiger partial charge in [0, 0.05) is 11.1 Å². The van der Waals surface area contributed by atoms with Crippen LogP contribution in [0.3, 0.4) is 0 Å². The first-order valence-electron chi connectivity index (χ1n) is 6.76. The Labute approximate surface area is 124 Å². The van der Waals surface area contributed by atoms with Crippen molar-refractivity contribution in [1.82, 2.24) is 0 Å². The number of nitrogens with two attached hydrogens (primary N) is 1.